The number of benzene rings is 1. The summed E-state index contributed by atoms with van der Waals surface area (Å²) in [6.07, 6.45) is 3.58. The molecular weight excluding hydrogens is 178 g/mol. The van der Waals surface area contributed by atoms with E-state index in [1.54, 1.807) is 18.5 Å². The molecule has 0 amide bonds. The van der Waals surface area contributed by atoms with E-state index >= 15 is 0 Å². The Labute approximate surface area is 80.8 Å². The molecule has 1 aliphatic heterocycles. The summed E-state index contributed by atoms with van der Waals surface area (Å²) in [5.74, 6) is 0.270. The second-order valence-corrected chi connectivity index (χ2v) is 3.31. The van der Waals surface area contributed by atoms with Crippen LogP contribution in [-0.4, -0.2) is 14.7 Å². The fourth-order valence-electron chi connectivity index (χ4n) is 1.72. The van der Waals surface area contributed by atoms with Crippen molar-refractivity contribution >= 4 is 5.69 Å². The van der Waals surface area contributed by atoms with E-state index in [1.165, 1.54) is 0 Å². The van der Waals surface area contributed by atoms with E-state index in [4.69, 9.17) is 0 Å². The van der Waals surface area contributed by atoms with Gasteiger partial charge in [0.25, 0.3) is 0 Å². The van der Waals surface area contributed by atoms with E-state index < -0.39 is 0 Å². The number of rotatable bonds is 0. The Kier molecular flexibility index (Phi) is 1.33. The quantitative estimate of drug-likeness (QED) is 0.614. The first-order chi connectivity index (χ1) is 6.84. The van der Waals surface area contributed by atoms with Crippen molar-refractivity contribution in [3.05, 3.63) is 36.4 Å². The lowest BCUT2D eigenvalue weighted by molar-refractivity contribution is 0.475. The summed E-state index contributed by atoms with van der Waals surface area (Å²) in [5, 5.41) is 12.6. The molecule has 4 heteroatoms. The van der Waals surface area contributed by atoms with E-state index in [0.29, 0.717) is 0 Å². The van der Waals surface area contributed by atoms with Gasteiger partial charge in [-0.25, -0.2) is 4.98 Å². The maximum atomic E-state index is 9.39. The van der Waals surface area contributed by atoms with Crippen molar-refractivity contribution in [1.29, 1.82) is 0 Å². The van der Waals surface area contributed by atoms with E-state index in [0.717, 1.165) is 23.6 Å². The number of nitrogens with one attached hydrogen (secondary N) is 1. The highest BCUT2D eigenvalue weighted by molar-refractivity contribution is 5.65. The van der Waals surface area contributed by atoms with Crippen LogP contribution in [0.1, 0.15) is 5.69 Å². The van der Waals surface area contributed by atoms with Crippen molar-refractivity contribution < 1.29 is 5.11 Å². The molecule has 14 heavy (non-hydrogen) atoms. The highest BCUT2D eigenvalue weighted by Crippen LogP contribution is 2.29. The maximum absolute atomic E-state index is 9.39. The van der Waals surface area contributed by atoms with Crippen molar-refractivity contribution in [2.24, 2.45) is 0 Å². The third-order valence-electron chi connectivity index (χ3n) is 2.42. The van der Waals surface area contributed by atoms with Gasteiger partial charge in [0.2, 0.25) is 0 Å². The number of aromatic hydroxyl groups is 1. The molecule has 3 rings (SSSR count). The van der Waals surface area contributed by atoms with Crippen molar-refractivity contribution in [2.75, 3.05) is 5.32 Å². The minimum Gasteiger partial charge on any atom is -0.508 e. The minimum atomic E-state index is 0.270. The molecule has 1 aromatic heterocycles. The summed E-state index contributed by atoms with van der Waals surface area (Å²) >= 11 is 0. The van der Waals surface area contributed by atoms with Crippen molar-refractivity contribution in [3.63, 3.8) is 0 Å². The normalized spacial score (nSPS) is 12.9. The fourth-order valence-corrected chi connectivity index (χ4v) is 1.72. The number of phenolic OH excluding ortho intramolecular Hbond substituents is 1. The molecule has 0 radical (unpaired) electrons. The Hall–Kier alpha value is -1.97. The van der Waals surface area contributed by atoms with Crippen LogP contribution in [0.3, 0.4) is 0 Å². The molecule has 0 unspecified atom stereocenters. The van der Waals surface area contributed by atoms with E-state index in [2.05, 4.69) is 10.3 Å². The topological polar surface area (TPSA) is 50.1 Å². The highest BCUT2D eigenvalue weighted by atomic mass is 16.3. The largest absolute Gasteiger partial charge is 0.508 e. The zero-order valence-electron chi connectivity index (χ0n) is 7.44. The average Bonchev–Trinajstić information content (AvgIpc) is 2.65. The molecule has 2 aromatic rings. The summed E-state index contributed by atoms with van der Waals surface area (Å²) in [7, 11) is 0. The molecule has 0 aliphatic carbocycles. The summed E-state index contributed by atoms with van der Waals surface area (Å²) < 4.78 is 1.98. The third-order valence-corrected chi connectivity index (χ3v) is 2.42. The average molecular weight is 187 g/mol. The summed E-state index contributed by atoms with van der Waals surface area (Å²) in [5.41, 5.74) is 3.07. The van der Waals surface area contributed by atoms with Crippen LogP contribution in [0.15, 0.2) is 30.7 Å². The number of hydrogen-bond acceptors (Lipinski definition) is 3. The highest BCUT2D eigenvalue weighted by Gasteiger charge is 2.14. The molecular formula is C10H9N3O. The standard InChI is InChI=1S/C10H9N3O/c14-8-1-2-9-10(3-8)13-6-11-4-7(13)5-12-9/h1-4,6,12,14H,5H2. The molecule has 2 N–H and O–H groups in total. The van der Waals surface area contributed by atoms with Gasteiger partial charge < -0.3 is 10.4 Å². The molecule has 0 bridgehead atoms. The van der Waals surface area contributed by atoms with Crippen molar-refractivity contribution in [3.8, 4) is 11.4 Å². The first-order valence-corrected chi connectivity index (χ1v) is 4.43. The zero-order valence-corrected chi connectivity index (χ0v) is 7.44. The van der Waals surface area contributed by atoms with Gasteiger partial charge in [-0.05, 0) is 12.1 Å². The Balaban J connectivity index is 2.28. The molecule has 0 spiro atoms. The number of nitrogens with zero attached hydrogens (tertiary/aromatic N) is 2. The lowest BCUT2D eigenvalue weighted by atomic mass is 10.2. The first kappa shape index (κ1) is 7.44. The molecule has 1 aromatic carbocycles. The molecule has 4 nitrogen and oxygen atoms in total. The molecule has 0 atom stereocenters. The van der Waals surface area contributed by atoms with Crippen molar-refractivity contribution in [2.45, 2.75) is 6.54 Å². The van der Waals surface area contributed by atoms with Crippen LogP contribution < -0.4 is 5.32 Å². The number of phenols is 1. The summed E-state index contributed by atoms with van der Waals surface area (Å²) in [6.45, 7) is 0.776. The van der Waals surface area contributed by atoms with Gasteiger partial charge in [0.05, 0.1) is 36.1 Å². The molecule has 2 heterocycles. The van der Waals surface area contributed by atoms with Gasteiger partial charge in [0.1, 0.15) is 5.75 Å². The van der Waals surface area contributed by atoms with Crippen LogP contribution in [-0.2, 0) is 6.54 Å². The molecule has 0 saturated heterocycles. The first-order valence-electron chi connectivity index (χ1n) is 4.43. The molecule has 0 saturated carbocycles. The van der Waals surface area contributed by atoms with Gasteiger partial charge in [0.15, 0.2) is 0 Å². The third kappa shape index (κ3) is 0.907. The Morgan fingerprint density at radius 2 is 2.36 bits per heavy atom. The fraction of sp³-hybridized carbons (Fsp3) is 0.100. The lowest BCUT2D eigenvalue weighted by Gasteiger charge is -2.20. The van der Waals surface area contributed by atoms with E-state index in [9.17, 15) is 5.11 Å². The van der Waals surface area contributed by atoms with Crippen molar-refractivity contribution in [1.82, 2.24) is 9.55 Å². The van der Waals surface area contributed by atoms with Gasteiger partial charge in [0, 0.05) is 6.07 Å². The van der Waals surface area contributed by atoms with Crippen LogP contribution in [0.25, 0.3) is 5.69 Å². The minimum absolute atomic E-state index is 0.270. The number of anilines is 1. The van der Waals surface area contributed by atoms with Crippen LogP contribution in [0.5, 0.6) is 5.75 Å². The lowest BCUT2D eigenvalue weighted by Crippen LogP contribution is -2.13. The van der Waals surface area contributed by atoms with Gasteiger partial charge >= 0.3 is 0 Å². The predicted octanol–water partition coefficient (Wildman–Crippen LogP) is 1.50. The zero-order chi connectivity index (χ0) is 9.54. The number of fused-ring (bicyclic) bond motifs is 3. The smallest absolute Gasteiger partial charge is 0.117 e. The van der Waals surface area contributed by atoms with Gasteiger partial charge in [-0.15, -0.1) is 0 Å². The number of hydrogen-bond donors (Lipinski definition) is 2. The van der Waals surface area contributed by atoms with Gasteiger partial charge in [-0.3, -0.25) is 4.57 Å². The Bertz CT molecular complexity index is 490. The van der Waals surface area contributed by atoms with Gasteiger partial charge in [-0.1, -0.05) is 0 Å². The van der Waals surface area contributed by atoms with Gasteiger partial charge in [-0.2, -0.15) is 0 Å². The Morgan fingerprint density at radius 1 is 1.43 bits per heavy atom. The molecule has 1 aliphatic rings. The maximum Gasteiger partial charge on any atom is 0.117 e. The predicted molar refractivity (Wildman–Crippen MR) is 52.6 cm³/mol. The SMILES string of the molecule is Oc1ccc2c(c1)-n1cncc1CN2. The number of aromatic nitrogens is 2. The number of imidazole rings is 1. The second-order valence-electron chi connectivity index (χ2n) is 3.31. The van der Waals surface area contributed by atoms with E-state index in [-0.39, 0.29) is 5.75 Å². The second kappa shape index (κ2) is 2.51. The Morgan fingerprint density at radius 3 is 3.29 bits per heavy atom. The van der Waals surface area contributed by atoms with E-state index in [1.807, 2.05) is 16.8 Å². The summed E-state index contributed by atoms with van der Waals surface area (Å²) in [4.78, 5) is 4.07. The van der Waals surface area contributed by atoms with Crippen LogP contribution in [0, 0.1) is 0 Å². The molecule has 70 valence electrons. The molecule has 0 fully saturated rings. The van der Waals surface area contributed by atoms with Crippen LogP contribution in [0.2, 0.25) is 0 Å². The summed E-state index contributed by atoms with van der Waals surface area (Å²) in [6, 6.07) is 5.27. The van der Waals surface area contributed by atoms with Crippen LogP contribution in [0.4, 0.5) is 5.69 Å². The van der Waals surface area contributed by atoms with Crippen LogP contribution >= 0.6 is 0 Å². The monoisotopic (exact) mass is 187 g/mol.